The second-order valence-electron chi connectivity index (χ2n) is 16.1. The molecule has 0 saturated carbocycles. The van der Waals surface area contributed by atoms with Crippen LogP contribution in [0.1, 0.15) is 0 Å². The van der Waals surface area contributed by atoms with Gasteiger partial charge in [0.25, 0.3) is 0 Å². The first-order valence-corrected chi connectivity index (χ1v) is 21.6. The first kappa shape index (κ1) is 34.2. The summed E-state index contributed by atoms with van der Waals surface area (Å²) in [5.74, 6) is 0.719. The number of hydrogen-bond acceptors (Lipinski definition) is 3. The van der Waals surface area contributed by atoms with E-state index in [0.29, 0.717) is 0 Å². The van der Waals surface area contributed by atoms with Gasteiger partial charge >= 0.3 is 0 Å². The smallest absolute Gasteiger partial charge is 0.161 e. The topological polar surface area (TPSA) is 25.8 Å². The molecule has 0 N–H and O–H groups in total. The SMILES string of the molecule is c1ccc2cc(-c3ccc(-c4cc(-c5cccc6ccccc56)nc(-c5cc6c7ccccc7c7ccccc7c6c6sc7cc8ccccc8cc7c56)n4)cc3)ccc2c1. The Hall–Kier alpha value is -7.72. The monoisotopic (exact) mass is 790 g/mol. The van der Waals surface area contributed by atoms with E-state index >= 15 is 0 Å². The summed E-state index contributed by atoms with van der Waals surface area (Å²) in [6, 6.07) is 75.0. The largest absolute Gasteiger partial charge is 0.228 e. The minimum absolute atomic E-state index is 0.719. The van der Waals surface area contributed by atoms with E-state index in [2.05, 4.69) is 206 Å². The molecule has 0 atom stereocenters. The highest BCUT2D eigenvalue weighted by Crippen LogP contribution is 2.49. The fourth-order valence-corrected chi connectivity index (χ4v) is 11.0. The quantitative estimate of drug-likeness (QED) is 0.166. The molecule has 13 rings (SSSR count). The molecule has 0 bridgehead atoms. The van der Waals surface area contributed by atoms with Crippen molar-refractivity contribution < 1.29 is 0 Å². The van der Waals surface area contributed by atoms with Crippen LogP contribution in [0.15, 0.2) is 206 Å². The summed E-state index contributed by atoms with van der Waals surface area (Å²) in [6.45, 7) is 0. The molecule has 3 heteroatoms. The molecule has 2 aromatic heterocycles. The zero-order chi connectivity index (χ0) is 40.0. The van der Waals surface area contributed by atoms with Crippen LogP contribution in [0.5, 0.6) is 0 Å². The number of aromatic nitrogens is 2. The van der Waals surface area contributed by atoms with E-state index in [1.54, 1.807) is 0 Å². The Balaban J connectivity index is 1.12. The average molecular weight is 791 g/mol. The van der Waals surface area contributed by atoms with Gasteiger partial charge < -0.3 is 0 Å². The van der Waals surface area contributed by atoms with Crippen LogP contribution >= 0.6 is 11.3 Å². The molecule has 0 radical (unpaired) electrons. The minimum atomic E-state index is 0.719. The van der Waals surface area contributed by atoms with Crippen molar-refractivity contribution in [2.75, 3.05) is 0 Å². The third kappa shape index (κ3) is 5.41. The van der Waals surface area contributed by atoms with E-state index in [4.69, 9.17) is 9.97 Å². The van der Waals surface area contributed by atoms with E-state index in [-0.39, 0.29) is 0 Å². The van der Waals surface area contributed by atoms with Crippen molar-refractivity contribution >= 4 is 96.1 Å². The van der Waals surface area contributed by atoms with Gasteiger partial charge in [-0.3, -0.25) is 0 Å². The predicted octanol–water partition coefficient (Wildman–Crippen LogP) is 16.4. The van der Waals surface area contributed by atoms with E-state index < -0.39 is 0 Å². The number of fused-ring (bicyclic) bond motifs is 13. The zero-order valence-corrected chi connectivity index (χ0v) is 33.7. The molecule has 282 valence electrons. The van der Waals surface area contributed by atoms with Gasteiger partial charge in [-0.2, -0.15) is 0 Å². The number of thiophene rings is 1. The molecule has 0 saturated heterocycles. The molecule has 0 aliphatic carbocycles. The van der Waals surface area contributed by atoms with Gasteiger partial charge in [-0.05, 0) is 101 Å². The maximum atomic E-state index is 5.59. The Labute approximate surface area is 355 Å². The molecule has 2 nitrogen and oxygen atoms in total. The Bertz CT molecular complexity index is 3930. The van der Waals surface area contributed by atoms with E-state index in [1.165, 1.54) is 95.9 Å². The van der Waals surface area contributed by atoms with Gasteiger partial charge in [0, 0.05) is 42.2 Å². The second-order valence-corrected chi connectivity index (χ2v) is 17.1. The summed E-state index contributed by atoms with van der Waals surface area (Å²) in [5.41, 5.74) is 7.33. The van der Waals surface area contributed by atoms with Crippen LogP contribution in [0.25, 0.3) is 130 Å². The van der Waals surface area contributed by atoms with Gasteiger partial charge in [-0.25, -0.2) is 9.97 Å². The summed E-state index contributed by atoms with van der Waals surface area (Å²) < 4.78 is 2.52. The molecule has 0 aliphatic rings. The lowest BCUT2D eigenvalue weighted by molar-refractivity contribution is 1.19. The summed E-state index contributed by atoms with van der Waals surface area (Å²) >= 11 is 1.89. The molecule has 2 heterocycles. The van der Waals surface area contributed by atoms with Gasteiger partial charge in [0.2, 0.25) is 0 Å². The molecule has 11 aromatic carbocycles. The lowest BCUT2D eigenvalue weighted by Gasteiger charge is -2.15. The molecule has 0 amide bonds. The van der Waals surface area contributed by atoms with Crippen molar-refractivity contribution in [3.05, 3.63) is 206 Å². The van der Waals surface area contributed by atoms with Crippen LogP contribution in [-0.4, -0.2) is 9.97 Å². The number of benzene rings is 11. The standard InChI is InChI=1S/C58H34N2S/c1-2-14-39-30-42(29-26-35(39)12-1)36-24-27-38(28-25-36)52-34-53(47-23-11-17-37-13-5-6-18-43(37)47)60-58(59-52)51-33-49-46-21-8-7-19-44(46)45-20-9-10-22-48(45)55(49)57-56(51)50-31-40-15-3-4-16-41(40)32-54(50)61-57/h1-34H. The van der Waals surface area contributed by atoms with Gasteiger partial charge in [-0.15, -0.1) is 11.3 Å². The van der Waals surface area contributed by atoms with Crippen molar-refractivity contribution in [2.45, 2.75) is 0 Å². The number of hydrogen-bond donors (Lipinski definition) is 0. The lowest BCUT2D eigenvalue weighted by atomic mass is 9.91. The van der Waals surface area contributed by atoms with Crippen LogP contribution in [0.2, 0.25) is 0 Å². The average Bonchev–Trinajstić information content (AvgIpc) is 3.70. The molecule has 0 aliphatic heterocycles. The molecule has 0 spiro atoms. The third-order valence-electron chi connectivity index (χ3n) is 12.6. The van der Waals surface area contributed by atoms with Gasteiger partial charge in [0.15, 0.2) is 5.82 Å². The van der Waals surface area contributed by atoms with Crippen LogP contribution in [0.4, 0.5) is 0 Å². The maximum Gasteiger partial charge on any atom is 0.161 e. The van der Waals surface area contributed by atoms with Crippen molar-refractivity contribution in [1.29, 1.82) is 0 Å². The molecule has 0 unspecified atom stereocenters. The summed E-state index contributed by atoms with van der Waals surface area (Å²) in [7, 11) is 0. The van der Waals surface area contributed by atoms with E-state index in [0.717, 1.165) is 33.9 Å². The highest BCUT2D eigenvalue weighted by Gasteiger charge is 2.22. The van der Waals surface area contributed by atoms with Gasteiger partial charge in [0.1, 0.15) is 0 Å². The van der Waals surface area contributed by atoms with Gasteiger partial charge in [0.05, 0.1) is 11.4 Å². The fraction of sp³-hybridized carbons (Fsp3) is 0. The van der Waals surface area contributed by atoms with Gasteiger partial charge in [-0.1, -0.05) is 176 Å². The van der Waals surface area contributed by atoms with Crippen molar-refractivity contribution in [1.82, 2.24) is 9.97 Å². The maximum absolute atomic E-state index is 5.59. The number of rotatable bonds is 4. The first-order valence-electron chi connectivity index (χ1n) is 20.8. The van der Waals surface area contributed by atoms with Crippen LogP contribution < -0.4 is 0 Å². The Morgan fingerprint density at radius 2 is 0.852 bits per heavy atom. The van der Waals surface area contributed by atoms with Crippen LogP contribution in [-0.2, 0) is 0 Å². The second kappa shape index (κ2) is 13.4. The summed E-state index contributed by atoms with van der Waals surface area (Å²) in [4.78, 5) is 11.1. The van der Waals surface area contributed by atoms with E-state index in [1.807, 2.05) is 11.3 Å². The first-order chi connectivity index (χ1) is 30.2. The van der Waals surface area contributed by atoms with Crippen molar-refractivity contribution in [2.24, 2.45) is 0 Å². The van der Waals surface area contributed by atoms with Crippen LogP contribution in [0.3, 0.4) is 0 Å². The minimum Gasteiger partial charge on any atom is -0.228 e. The van der Waals surface area contributed by atoms with Crippen molar-refractivity contribution in [3.63, 3.8) is 0 Å². The molecule has 0 fully saturated rings. The zero-order valence-electron chi connectivity index (χ0n) is 32.9. The Morgan fingerprint density at radius 3 is 1.62 bits per heavy atom. The summed E-state index contributed by atoms with van der Waals surface area (Å²) in [5, 5.41) is 17.2. The molecule has 13 aromatic rings. The van der Waals surface area contributed by atoms with E-state index in [9.17, 15) is 0 Å². The third-order valence-corrected chi connectivity index (χ3v) is 13.8. The van der Waals surface area contributed by atoms with Crippen LogP contribution in [0, 0.1) is 0 Å². The normalized spacial score (nSPS) is 11.9. The predicted molar refractivity (Wildman–Crippen MR) is 262 cm³/mol. The lowest BCUT2D eigenvalue weighted by Crippen LogP contribution is -1.97. The molecule has 61 heavy (non-hydrogen) atoms. The van der Waals surface area contributed by atoms with Crippen molar-refractivity contribution in [3.8, 4) is 45.0 Å². The number of nitrogens with zero attached hydrogens (tertiary/aromatic N) is 2. The summed E-state index contributed by atoms with van der Waals surface area (Å²) in [6.07, 6.45) is 0. The molecular weight excluding hydrogens is 757 g/mol. The highest BCUT2D eigenvalue weighted by atomic mass is 32.1. The Kier molecular flexibility index (Phi) is 7.51. The fourth-order valence-electron chi connectivity index (χ4n) is 9.69. The Morgan fingerprint density at radius 1 is 0.295 bits per heavy atom. The molecular formula is C58H34N2S. The highest BCUT2D eigenvalue weighted by molar-refractivity contribution is 7.27.